The number of methoxy groups -OCH3 is 1. The van der Waals surface area contributed by atoms with Gasteiger partial charge >= 0.3 is 0 Å². The summed E-state index contributed by atoms with van der Waals surface area (Å²) in [6.07, 6.45) is 0.685. The summed E-state index contributed by atoms with van der Waals surface area (Å²) in [7, 11) is -2.11. The molecule has 0 fully saturated rings. The van der Waals surface area contributed by atoms with Crippen molar-refractivity contribution in [3.8, 4) is 0 Å². The predicted molar refractivity (Wildman–Crippen MR) is 103 cm³/mol. The number of nitrogens with zero attached hydrogens (tertiary/aromatic N) is 1. The van der Waals surface area contributed by atoms with Gasteiger partial charge in [-0.2, -0.15) is 4.31 Å². The molecule has 1 aliphatic rings. The van der Waals surface area contributed by atoms with Gasteiger partial charge in [0.1, 0.15) is 0 Å². The largest absolute Gasteiger partial charge is 0.383 e. The van der Waals surface area contributed by atoms with Crippen LogP contribution in [0, 0.1) is 0 Å². The van der Waals surface area contributed by atoms with Crippen LogP contribution in [0.3, 0.4) is 0 Å². The van der Waals surface area contributed by atoms with E-state index in [0.717, 1.165) is 5.56 Å². The maximum Gasteiger partial charge on any atom is 0.251 e. The van der Waals surface area contributed by atoms with Crippen LogP contribution < -0.4 is 5.32 Å². The monoisotopic (exact) mass is 388 g/mol. The van der Waals surface area contributed by atoms with Crippen LogP contribution in [0.25, 0.3) is 0 Å². The molecule has 1 N–H and O–H groups in total. The van der Waals surface area contributed by atoms with Crippen LogP contribution in [-0.4, -0.2) is 44.9 Å². The van der Waals surface area contributed by atoms with Crippen LogP contribution in [0.15, 0.2) is 53.4 Å². The maximum absolute atomic E-state index is 13.1. The number of ether oxygens (including phenoxy) is 1. The molecule has 0 radical (unpaired) electrons. The first kappa shape index (κ1) is 19.5. The van der Waals surface area contributed by atoms with Crippen LogP contribution >= 0.6 is 0 Å². The zero-order chi connectivity index (χ0) is 19.4. The van der Waals surface area contributed by atoms with Gasteiger partial charge in [-0.05, 0) is 42.7 Å². The van der Waals surface area contributed by atoms with Crippen LogP contribution in [0.1, 0.15) is 28.4 Å². The minimum absolute atomic E-state index is 0.133. The van der Waals surface area contributed by atoms with Gasteiger partial charge in [0, 0.05) is 31.8 Å². The molecule has 1 atom stereocenters. The number of amides is 1. The summed E-state index contributed by atoms with van der Waals surface area (Å²) < 4.78 is 32.6. The summed E-state index contributed by atoms with van der Waals surface area (Å²) in [6, 6.07) is 13.9. The number of nitrogens with one attached hydrogen (secondary N) is 1. The van der Waals surface area contributed by atoms with Crippen LogP contribution in [0.4, 0.5) is 0 Å². The Morgan fingerprint density at radius 1 is 1.19 bits per heavy atom. The van der Waals surface area contributed by atoms with Gasteiger partial charge in [-0.25, -0.2) is 8.42 Å². The van der Waals surface area contributed by atoms with Crippen molar-refractivity contribution in [2.24, 2.45) is 0 Å². The van der Waals surface area contributed by atoms with Gasteiger partial charge in [0.15, 0.2) is 0 Å². The van der Waals surface area contributed by atoms with E-state index in [-0.39, 0.29) is 16.8 Å². The van der Waals surface area contributed by atoms with Gasteiger partial charge in [0.05, 0.1) is 11.5 Å². The first-order chi connectivity index (χ1) is 12.9. The molecule has 2 aromatic carbocycles. The Morgan fingerprint density at radius 2 is 1.93 bits per heavy atom. The summed E-state index contributed by atoms with van der Waals surface area (Å²) in [6.45, 7) is 2.99. The van der Waals surface area contributed by atoms with E-state index in [0.29, 0.717) is 31.7 Å². The zero-order valence-corrected chi connectivity index (χ0v) is 16.3. The van der Waals surface area contributed by atoms with Crippen molar-refractivity contribution in [3.05, 3.63) is 65.2 Å². The van der Waals surface area contributed by atoms with Gasteiger partial charge in [-0.3, -0.25) is 4.79 Å². The SMILES string of the molecule is COCC(C)NC(=O)c1cccc(S(=O)(=O)N2CCc3ccccc3C2)c1. The molecule has 1 amide bonds. The van der Waals surface area contributed by atoms with Crippen molar-refractivity contribution in [2.45, 2.75) is 30.8 Å². The molecule has 144 valence electrons. The smallest absolute Gasteiger partial charge is 0.251 e. The number of sulfonamides is 1. The van der Waals surface area contributed by atoms with Gasteiger partial charge in [-0.15, -0.1) is 0 Å². The number of hydrogen-bond donors (Lipinski definition) is 1. The lowest BCUT2D eigenvalue weighted by Crippen LogP contribution is -2.37. The van der Waals surface area contributed by atoms with Crippen LogP contribution in [0.2, 0.25) is 0 Å². The quantitative estimate of drug-likeness (QED) is 0.823. The van der Waals surface area contributed by atoms with E-state index in [1.165, 1.54) is 22.0 Å². The standard InChI is InChI=1S/C20H24N2O4S/c1-15(14-26-2)21-20(23)17-8-5-9-19(12-17)27(24,25)22-11-10-16-6-3-4-7-18(16)13-22/h3-9,12,15H,10-11,13-14H2,1-2H3,(H,21,23). The molecule has 0 bridgehead atoms. The lowest BCUT2D eigenvalue weighted by molar-refractivity contribution is 0.0905. The summed E-state index contributed by atoms with van der Waals surface area (Å²) in [5.74, 6) is -0.319. The fourth-order valence-electron chi connectivity index (χ4n) is 3.22. The summed E-state index contributed by atoms with van der Waals surface area (Å²) >= 11 is 0. The van der Waals surface area contributed by atoms with E-state index >= 15 is 0 Å². The van der Waals surface area contributed by atoms with Crippen molar-refractivity contribution in [2.75, 3.05) is 20.3 Å². The number of fused-ring (bicyclic) bond motifs is 1. The third-order valence-corrected chi connectivity index (χ3v) is 6.46. The third-order valence-electron chi connectivity index (χ3n) is 4.62. The van der Waals surface area contributed by atoms with Crippen molar-refractivity contribution >= 4 is 15.9 Å². The Bertz CT molecular complexity index is 927. The molecule has 0 aliphatic carbocycles. The lowest BCUT2D eigenvalue weighted by Gasteiger charge is -2.28. The topological polar surface area (TPSA) is 75.7 Å². The van der Waals surface area contributed by atoms with E-state index in [1.54, 1.807) is 19.2 Å². The molecule has 0 saturated heterocycles. The average Bonchev–Trinajstić information content (AvgIpc) is 2.67. The van der Waals surface area contributed by atoms with E-state index in [9.17, 15) is 13.2 Å². The Kier molecular flexibility index (Phi) is 5.94. The minimum Gasteiger partial charge on any atom is -0.383 e. The number of rotatable bonds is 6. The van der Waals surface area contributed by atoms with Crippen molar-refractivity contribution in [3.63, 3.8) is 0 Å². The minimum atomic E-state index is -3.67. The first-order valence-electron chi connectivity index (χ1n) is 8.88. The Balaban J connectivity index is 1.81. The van der Waals surface area contributed by atoms with Crippen molar-refractivity contribution in [1.29, 1.82) is 0 Å². The summed E-state index contributed by atoms with van der Waals surface area (Å²) in [4.78, 5) is 12.5. The highest BCUT2D eigenvalue weighted by atomic mass is 32.2. The molecule has 7 heteroatoms. The predicted octanol–water partition coefficient (Wildman–Crippen LogP) is 2.20. The normalized spacial score (nSPS) is 15.8. The molecular formula is C20H24N2O4S. The van der Waals surface area contributed by atoms with Crippen molar-refractivity contribution < 1.29 is 17.9 Å². The highest BCUT2D eigenvalue weighted by molar-refractivity contribution is 7.89. The van der Waals surface area contributed by atoms with E-state index in [1.807, 2.05) is 31.2 Å². The maximum atomic E-state index is 13.1. The number of carbonyl (C=O) groups excluding carboxylic acids is 1. The number of carbonyl (C=O) groups is 1. The fourth-order valence-corrected chi connectivity index (χ4v) is 4.69. The van der Waals surface area contributed by atoms with Gasteiger partial charge in [0.25, 0.3) is 5.91 Å². The Morgan fingerprint density at radius 3 is 2.67 bits per heavy atom. The molecule has 3 rings (SSSR count). The highest BCUT2D eigenvalue weighted by Crippen LogP contribution is 2.25. The van der Waals surface area contributed by atoms with E-state index < -0.39 is 10.0 Å². The number of hydrogen-bond acceptors (Lipinski definition) is 4. The molecular weight excluding hydrogens is 364 g/mol. The Labute approximate surface area is 160 Å². The van der Waals surface area contributed by atoms with Gasteiger partial charge < -0.3 is 10.1 Å². The molecule has 0 spiro atoms. The molecule has 27 heavy (non-hydrogen) atoms. The van der Waals surface area contributed by atoms with Crippen LogP contribution in [-0.2, 0) is 27.7 Å². The van der Waals surface area contributed by atoms with Gasteiger partial charge in [-0.1, -0.05) is 30.3 Å². The fraction of sp³-hybridized carbons (Fsp3) is 0.350. The number of benzene rings is 2. The molecule has 2 aromatic rings. The van der Waals surface area contributed by atoms with Gasteiger partial charge in [0.2, 0.25) is 10.0 Å². The average molecular weight is 388 g/mol. The lowest BCUT2D eigenvalue weighted by atomic mass is 10.0. The highest BCUT2D eigenvalue weighted by Gasteiger charge is 2.28. The summed E-state index contributed by atoms with van der Waals surface area (Å²) in [5, 5.41) is 2.80. The molecule has 0 saturated carbocycles. The first-order valence-corrected chi connectivity index (χ1v) is 10.3. The van der Waals surface area contributed by atoms with Crippen molar-refractivity contribution in [1.82, 2.24) is 9.62 Å². The molecule has 1 heterocycles. The second-order valence-electron chi connectivity index (χ2n) is 6.71. The van der Waals surface area contributed by atoms with E-state index in [2.05, 4.69) is 5.32 Å². The second kappa shape index (κ2) is 8.21. The molecule has 6 nitrogen and oxygen atoms in total. The molecule has 0 aromatic heterocycles. The Hall–Kier alpha value is -2.22. The second-order valence-corrected chi connectivity index (χ2v) is 8.65. The third kappa shape index (κ3) is 4.37. The molecule has 1 aliphatic heterocycles. The van der Waals surface area contributed by atoms with Crippen LogP contribution in [0.5, 0.6) is 0 Å². The van der Waals surface area contributed by atoms with E-state index in [4.69, 9.17) is 4.74 Å². The zero-order valence-electron chi connectivity index (χ0n) is 15.5. The summed E-state index contributed by atoms with van der Waals surface area (Å²) in [5.41, 5.74) is 2.52. The molecule has 1 unspecified atom stereocenters.